The van der Waals surface area contributed by atoms with Crippen molar-refractivity contribution in [2.24, 2.45) is 0 Å². The van der Waals surface area contributed by atoms with Crippen molar-refractivity contribution >= 4 is 29.1 Å². The molecule has 0 aliphatic carbocycles. The van der Waals surface area contributed by atoms with E-state index in [1.807, 2.05) is 37.3 Å². The molecule has 2 aromatic rings. The van der Waals surface area contributed by atoms with Crippen LogP contribution in [0.4, 0.5) is 11.4 Å². The quantitative estimate of drug-likeness (QED) is 0.597. The Kier molecular flexibility index (Phi) is 6.67. The second-order valence-electron chi connectivity index (χ2n) is 8.79. The molecule has 1 fully saturated rings. The van der Waals surface area contributed by atoms with Crippen LogP contribution < -0.4 is 15.1 Å². The Morgan fingerprint density at radius 2 is 1.82 bits per heavy atom. The van der Waals surface area contributed by atoms with Gasteiger partial charge in [-0.1, -0.05) is 30.3 Å². The molecule has 2 aromatic carbocycles. The molecule has 33 heavy (non-hydrogen) atoms. The van der Waals surface area contributed by atoms with Crippen LogP contribution in [-0.4, -0.2) is 54.5 Å². The highest BCUT2D eigenvalue weighted by Gasteiger charge is 2.52. The number of benzene rings is 2. The highest BCUT2D eigenvalue weighted by atomic mass is 16.2. The van der Waals surface area contributed by atoms with E-state index < -0.39 is 5.66 Å². The van der Waals surface area contributed by atoms with Crippen LogP contribution in [0.5, 0.6) is 0 Å². The summed E-state index contributed by atoms with van der Waals surface area (Å²) in [5.41, 5.74) is 1.65. The summed E-state index contributed by atoms with van der Waals surface area (Å²) >= 11 is 0. The van der Waals surface area contributed by atoms with Crippen molar-refractivity contribution in [2.45, 2.75) is 45.2 Å². The van der Waals surface area contributed by atoms with Crippen LogP contribution in [0.2, 0.25) is 0 Å². The Labute approximate surface area is 195 Å². The fourth-order valence-electron chi connectivity index (χ4n) is 4.95. The van der Waals surface area contributed by atoms with Crippen molar-refractivity contribution < 1.29 is 14.4 Å². The van der Waals surface area contributed by atoms with Gasteiger partial charge in [-0.15, -0.1) is 0 Å². The third-order valence-corrected chi connectivity index (χ3v) is 6.74. The van der Waals surface area contributed by atoms with E-state index in [4.69, 9.17) is 0 Å². The summed E-state index contributed by atoms with van der Waals surface area (Å²) in [5.74, 6) is -0.178. The summed E-state index contributed by atoms with van der Waals surface area (Å²) in [5, 5.41) is 2.98. The predicted octanol–water partition coefficient (Wildman–Crippen LogP) is 3.41. The van der Waals surface area contributed by atoms with E-state index in [-0.39, 0.29) is 30.7 Å². The van der Waals surface area contributed by atoms with E-state index in [0.717, 1.165) is 19.5 Å². The molecule has 7 heteroatoms. The minimum atomic E-state index is -0.722. The number of para-hydroxylation sites is 2. The molecule has 0 radical (unpaired) electrons. The number of hydrogen-bond acceptors (Lipinski definition) is 4. The van der Waals surface area contributed by atoms with Gasteiger partial charge in [0.15, 0.2) is 0 Å². The second kappa shape index (κ2) is 9.65. The molecule has 0 aromatic heterocycles. The average molecular weight is 449 g/mol. The monoisotopic (exact) mass is 448 g/mol. The molecule has 2 aliphatic rings. The second-order valence-corrected chi connectivity index (χ2v) is 8.79. The lowest BCUT2D eigenvalue weighted by atomic mass is 9.98. The lowest BCUT2D eigenvalue weighted by Crippen LogP contribution is -2.62. The third kappa shape index (κ3) is 4.45. The van der Waals surface area contributed by atoms with Gasteiger partial charge in [0.1, 0.15) is 5.66 Å². The fraction of sp³-hybridized carbons (Fsp3) is 0.423. The Morgan fingerprint density at radius 3 is 2.58 bits per heavy atom. The number of nitrogens with zero attached hydrogens (tertiary/aromatic N) is 3. The number of amides is 3. The first-order valence-electron chi connectivity index (χ1n) is 11.8. The maximum absolute atomic E-state index is 13.2. The lowest BCUT2D eigenvalue weighted by Gasteiger charge is -2.48. The van der Waals surface area contributed by atoms with Crippen LogP contribution >= 0.6 is 0 Å². The number of rotatable bonds is 9. The number of carbonyl (C=O) groups excluding carboxylic acids is 3. The van der Waals surface area contributed by atoms with Gasteiger partial charge < -0.3 is 15.1 Å². The summed E-state index contributed by atoms with van der Waals surface area (Å²) in [4.78, 5) is 44.1. The molecule has 2 heterocycles. The molecule has 3 amide bonds. The topological polar surface area (TPSA) is 73.0 Å². The molecule has 0 saturated carbocycles. The number of hydrogen-bond donors (Lipinski definition) is 1. The summed E-state index contributed by atoms with van der Waals surface area (Å²) in [6, 6.07) is 17.5. The highest BCUT2D eigenvalue weighted by Crippen LogP contribution is 2.43. The number of carbonyl (C=O) groups is 3. The first-order valence-corrected chi connectivity index (χ1v) is 11.8. The molecule has 4 rings (SSSR count). The summed E-state index contributed by atoms with van der Waals surface area (Å²) in [6.07, 6.45) is 2.02. The molecule has 2 aliphatic heterocycles. The van der Waals surface area contributed by atoms with Gasteiger partial charge in [0.25, 0.3) is 5.91 Å². The van der Waals surface area contributed by atoms with Crippen molar-refractivity contribution in [3.8, 4) is 0 Å². The van der Waals surface area contributed by atoms with Gasteiger partial charge >= 0.3 is 0 Å². The van der Waals surface area contributed by atoms with E-state index in [1.54, 1.807) is 21.9 Å². The van der Waals surface area contributed by atoms with E-state index in [0.29, 0.717) is 30.6 Å². The first kappa shape index (κ1) is 22.8. The van der Waals surface area contributed by atoms with Crippen molar-refractivity contribution in [3.05, 3.63) is 60.2 Å². The zero-order valence-corrected chi connectivity index (χ0v) is 19.4. The van der Waals surface area contributed by atoms with Crippen LogP contribution in [0.25, 0.3) is 0 Å². The van der Waals surface area contributed by atoms with Crippen LogP contribution in [0.3, 0.4) is 0 Å². The SMILES string of the molecule is CCN(CCCNC(=O)CCN1C(=O)c2ccccc2N2C(=O)CCC12C)c1ccccc1. The largest absolute Gasteiger partial charge is 0.372 e. The summed E-state index contributed by atoms with van der Waals surface area (Å²) in [6.45, 7) is 6.68. The summed E-state index contributed by atoms with van der Waals surface area (Å²) < 4.78 is 0. The van der Waals surface area contributed by atoms with Gasteiger partial charge in [-0.2, -0.15) is 0 Å². The standard InChI is InChI=1S/C26H32N4O3/c1-3-28(20-10-5-4-6-11-20)18-9-17-27-23(31)15-19-29-25(33)21-12-7-8-13-22(21)30-24(32)14-16-26(29,30)2/h4-8,10-13H,3,9,14-19H2,1-2H3,(H,27,31). The van der Waals surface area contributed by atoms with Crippen molar-refractivity contribution in [1.82, 2.24) is 10.2 Å². The van der Waals surface area contributed by atoms with Crippen LogP contribution in [-0.2, 0) is 9.59 Å². The maximum atomic E-state index is 13.2. The zero-order valence-electron chi connectivity index (χ0n) is 19.4. The Balaban J connectivity index is 1.32. The molecule has 7 nitrogen and oxygen atoms in total. The van der Waals surface area contributed by atoms with Crippen LogP contribution in [0.15, 0.2) is 54.6 Å². The van der Waals surface area contributed by atoms with E-state index >= 15 is 0 Å². The van der Waals surface area contributed by atoms with E-state index in [9.17, 15) is 14.4 Å². The zero-order chi connectivity index (χ0) is 23.4. The molecule has 174 valence electrons. The van der Waals surface area contributed by atoms with E-state index in [2.05, 4.69) is 29.3 Å². The molecular weight excluding hydrogens is 416 g/mol. The molecule has 1 N–H and O–H groups in total. The van der Waals surface area contributed by atoms with E-state index in [1.165, 1.54) is 5.69 Å². The fourth-order valence-corrected chi connectivity index (χ4v) is 4.95. The van der Waals surface area contributed by atoms with Crippen molar-refractivity contribution in [2.75, 3.05) is 36.0 Å². The molecule has 0 bridgehead atoms. The van der Waals surface area contributed by atoms with Gasteiger partial charge in [-0.3, -0.25) is 19.3 Å². The Hall–Kier alpha value is -3.35. The van der Waals surface area contributed by atoms with Crippen LogP contribution in [0, 0.1) is 0 Å². The molecule has 1 unspecified atom stereocenters. The summed E-state index contributed by atoms with van der Waals surface area (Å²) in [7, 11) is 0. The van der Waals surface area contributed by atoms with Gasteiger partial charge in [-0.05, 0) is 51.0 Å². The normalized spacial score (nSPS) is 19.3. The predicted molar refractivity (Wildman–Crippen MR) is 129 cm³/mol. The van der Waals surface area contributed by atoms with Gasteiger partial charge in [-0.25, -0.2) is 0 Å². The Morgan fingerprint density at radius 1 is 1.09 bits per heavy atom. The highest BCUT2D eigenvalue weighted by molar-refractivity contribution is 6.10. The lowest BCUT2D eigenvalue weighted by molar-refractivity contribution is -0.121. The number of fused-ring (bicyclic) bond motifs is 3. The molecular formula is C26H32N4O3. The van der Waals surface area contributed by atoms with Crippen LogP contribution in [0.1, 0.15) is 49.9 Å². The minimum Gasteiger partial charge on any atom is -0.372 e. The Bertz CT molecular complexity index is 1030. The average Bonchev–Trinajstić information content (AvgIpc) is 3.14. The molecule has 0 spiro atoms. The van der Waals surface area contributed by atoms with Gasteiger partial charge in [0.05, 0.1) is 11.3 Å². The third-order valence-electron chi connectivity index (χ3n) is 6.74. The molecule has 1 saturated heterocycles. The minimum absolute atomic E-state index is 0.0193. The van der Waals surface area contributed by atoms with Gasteiger partial charge in [0.2, 0.25) is 11.8 Å². The van der Waals surface area contributed by atoms with Gasteiger partial charge in [0, 0.05) is 44.7 Å². The first-order chi connectivity index (χ1) is 16.0. The van der Waals surface area contributed by atoms with Crippen molar-refractivity contribution in [3.63, 3.8) is 0 Å². The molecule has 1 atom stereocenters. The smallest absolute Gasteiger partial charge is 0.257 e. The van der Waals surface area contributed by atoms with Crippen molar-refractivity contribution in [1.29, 1.82) is 0 Å². The number of nitrogens with one attached hydrogen (secondary N) is 1. The maximum Gasteiger partial charge on any atom is 0.257 e. The number of anilines is 2.